The van der Waals surface area contributed by atoms with Gasteiger partial charge in [0, 0.05) is 30.7 Å². The van der Waals surface area contributed by atoms with Crippen LogP contribution in [0.25, 0.3) is 28.1 Å². The number of aromatic nitrogens is 3. The molecule has 0 amide bonds. The van der Waals surface area contributed by atoms with Crippen LogP contribution in [-0.4, -0.2) is 9.90 Å². The monoisotopic (exact) mass is 414 g/mol. The summed E-state index contributed by atoms with van der Waals surface area (Å²) in [5, 5.41) is 4.54. The molecule has 125 valence electrons. The van der Waals surface area contributed by atoms with Gasteiger partial charge in [0.1, 0.15) is 7.05 Å². The molecule has 0 unspecified atom stereocenters. The van der Waals surface area contributed by atoms with E-state index in [2.05, 4.69) is 59.8 Å². The van der Waals surface area contributed by atoms with Crippen LogP contribution < -0.4 is 4.68 Å². The second kappa shape index (κ2) is 7.54. The Kier molecular flexibility index (Phi) is 5.20. The molecule has 0 aliphatic carbocycles. The standard InChI is InChI=1S/C21H17N3.Rh/c1-23-21(16-24(22-23)20-10-6-3-7-11-20)19-14-12-18(13-15-19)17-8-4-2-5-9-17;/h2-10,12-16H,1H3;. The minimum atomic E-state index is 0. The van der Waals surface area contributed by atoms with Crippen LogP contribution in [0, 0.1) is 6.07 Å². The fourth-order valence-corrected chi connectivity index (χ4v) is 2.79. The summed E-state index contributed by atoms with van der Waals surface area (Å²) in [4.78, 5) is 0. The Labute approximate surface area is 160 Å². The van der Waals surface area contributed by atoms with Gasteiger partial charge in [0.15, 0.2) is 11.9 Å². The van der Waals surface area contributed by atoms with Crippen molar-refractivity contribution in [3.63, 3.8) is 0 Å². The maximum atomic E-state index is 4.54. The van der Waals surface area contributed by atoms with Gasteiger partial charge >= 0.3 is 0 Å². The van der Waals surface area contributed by atoms with Gasteiger partial charge in [-0.3, -0.25) is 0 Å². The Balaban J connectivity index is 0.00000182. The molecule has 0 N–H and O–H groups in total. The molecule has 0 fully saturated rings. The maximum Gasteiger partial charge on any atom is 0.197 e. The average Bonchev–Trinajstić information content (AvgIpc) is 3.05. The smallest absolute Gasteiger partial charge is 0.173 e. The normalized spacial score (nSPS) is 10.3. The molecule has 1 aromatic heterocycles. The number of benzene rings is 3. The Morgan fingerprint density at radius 2 is 1.44 bits per heavy atom. The molecule has 1 heterocycles. The van der Waals surface area contributed by atoms with E-state index < -0.39 is 0 Å². The first kappa shape index (κ1) is 17.3. The van der Waals surface area contributed by atoms with Crippen LogP contribution in [0.4, 0.5) is 0 Å². The van der Waals surface area contributed by atoms with Crippen molar-refractivity contribution in [2.24, 2.45) is 7.05 Å². The Bertz CT molecular complexity index is 946. The van der Waals surface area contributed by atoms with Gasteiger partial charge in [-0.25, -0.2) is 0 Å². The van der Waals surface area contributed by atoms with E-state index in [1.165, 1.54) is 11.1 Å². The first-order chi connectivity index (χ1) is 11.8. The van der Waals surface area contributed by atoms with Crippen LogP contribution in [0.5, 0.6) is 0 Å². The van der Waals surface area contributed by atoms with E-state index >= 15 is 0 Å². The third kappa shape index (κ3) is 3.59. The summed E-state index contributed by atoms with van der Waals surface area (Å²) in [7, 11) is 1.96. The zero-order chi connectivity index (χ0) is 16.4. The van der Waals surface area contributed by atoms with E-state index in [1.807, 2.05) is 52.9 Å². The van der Waals surface area contributed by atoms with Crippen molar-refractivity contribution in [1.82, 2.24) is 9.90 Å². The van der Waals surface area contributed by atoms with Crippen molar-refractivity contribution >= 4 is 0 Å². The molecule has 0 atom stereocenters. The van der Waals surface area contributed by atoms with Crippen LogP contribution in [0.2, 0.25) is 0 Å². The molecule has 0 spiro atoms. The van der Waals surface area contributed by atoms with Crippen LogP contribution in [0.3, 0.4) is 0 Å². The summed E-state index contributed by atoms with van der Waals surface area (Å²) < 4.78 is 3.73. The van der Waals surface area contributed by atoms with E-state index in [0.29, 0.717) is 0 Å². The molecule has 0 saturated carbocycles. The molecule has 1 radical (unpaired) electrons. The number of nitrogens with zero attached hydrogens (tertiary/aromatic N) is 3. The molecule has 3 nitrogen and oxygen atoms in total. The molecule has 3 aromatic carbocycles. The fraction of sp³-hybridized carbons (Fsp3) is 0.0476. The van der Waals surface area contributed by atoms with E-state index in [1.54, 1.807) is 0 Å². The third-order valence-electron chi connectivity index (χ3n) is 4.05. The van der Waals surface area contributed by atoms with Crippen molar-refractivity contribution in [1.29, 1.82) is 0 Å². The Hall–Kier alpha value is -2.58. The van der Waals surface area contributed by atoms with Crippen molar-refractivity contribution in [3.8, 4) is 28.1 Å². The summed E-state index contributed by atoms with van der Waals surface area (Å²) in [6.45, 7) is 0. The number of rotatable bonds is 3. The molecule has 25 heavy (non-hydrogen) atoms. The molecule has 0 bridgehead atoms. The van der Waals surface area contributed by atoms with Crippen LogP contribution >= 0.6 is 0 Å². The predicted molar refractivity (Wildman–Crippen MR) is 94.4 cm³/mol. The fourth-order valence-electron chi connectivity index (χ4n) is 2.79. The molecule has 4 heteroatoms. The Morgan fingerprint density at radius 1 is 0.800 bits per heavy atom. The second-order valence-electron chi connectivity index (χ2n) is 5.66. The van der Waals surface area contributed by atoms with Crippen LogP contribution in [0.15, 0.2) is 85.1 Å². The predicted octanol–water partition coefficient (Wildman–Crippen LogP) is 3.83. The molecular formula is C21H17N3Rh. The summed E-state index contributed by atoms with van der Waals surface area (Å²) in [5.74, 6) is 0. The van der Waals surface area contributed by atoms with E-state index in [9.17, 15) is 0 Å². The topological polar surface area (TPSA) is 21.7 Å². The zero-order valence-electron chi connectivity index (χ0n) is 13.8. The summed E-state index contributed by atoms with van der Waals surface area (Å²) in [6.07, 6.45) is 2.03. The van der Waals surface area contributed by atoms with Crippen molar-refractivity contribution in [3.05, 3.63) is 91.1 Å². The summed E-state index contributed by atoms with van der Waals surface area (Å²) >= 11 is 0. The Morgan fingerprint density at radius 3 is 2.12 bits per heavy atom. The van der Waals surface area contributed by atoms with Crippen LogP contribution in [-0.2, 0) is 26.5 Å². The van der Waals surface area contributed by atoms with Crippen molar-refractivity contribution in [2.45, 2.75) is 0 Å². The first-order valence-corrected chi connectivity index (χ1v) is 7.90. The molecule has 0 saturated heterocycles. The van der Waals surface area contributed by atoms with E-state index in [0.717, 1.165) is 16.9 Å². The molecule has 0 aliphatic rings. The minimum absolute atomic E-state index is 0. The SMILES string of the molecule is Cn1n[n+](-c2[c-]cccc2)cc1-c1ccc(-c2ccccc2)cc1.[Rh]. The third-order valence-corrected chi connectivity index (χ3v) is 4.05. The van der Waals surface area contributed by atoms with Gasteiger partial charge < -0.3 is 0 Å². The minimum Gasteiger partial charge on any atom is -0.173 e. The van der Waals surface area contributed by atoms with Gasteiger partial charge in [0.25, 0.3) is 0 Å². The van der Waals surface area contributed by atoms with Crippen molar-refractivity contribution < 1.29 is 24.2 Å². The van der Waals surface area contributed by atoms with Gasteiger partial charge in [-0.1, -0.05) is 42.5 Å². The van der Waals surface area contributed by atoms with Gasteiger partial charge in [-0.2, -0.15) is 18.2 Å². The maximum absolute atomic E-state index is 4.54. The van der Waals surface area contributed by atoms with Gasteiger partial charge in [-0.15, -0.1) is 21.5 Å². The molecule has 0 aliphatic heterocycles. The van der Waals surface area contributed by atoms with E-state index in [-0.39, 0.29) is 19.5 Å². The summed E-state index contributed by atoms with van der Waals surface area (Å²) in [5.41, 5.74) is 5.57. The van der Waals surface area contributed by atoms with Gasteiger partial charge in [-0.05, 0) is 23.3 Å². The first-order valence-electron chi connectivity index (χ1n) is 7.90. The van der Waals surface area contributed by atoms with Crippen molar-refractivity contribution in [2.75, 3.05) is 0 Å². The van der Waals surface area contributed by atoms with Gasteiger partial charge in [0.05, 0.1) is 5.21 Å². The quantitative estimate of drug-likeness (QED) is 0.284. The number of hydrogen-bond donors (Lipinski definition) is 0. The number of hydrogen-bond acceptors (Lipinski definition) is 1. The second-order valence-corrected chi connectivity index (χ2v) is 5.66. The average molecular weight is 414 g/mol. The number of aryl methyl sites for hydroxylation is 1. The van der Waals surface area contributed by atoms with Gasteiger partial charge in [0.2, 0.25) is 0 Å². The molecule has 4 aromatic rings. The van der Waals surface area contributed by atoms with E-state index in [4.69, 9.17) is 0 Å². The molecular weight excluding hydrogens is 397 g/mol. The van der Waals surface area contributed by atoms with Crippen LogP contribution in [0.1, 0.15) is 0 Å². The number of para-hydroxylation sites is 1. The zero-order valence-corrected chi connectivity index (χ0v) is 15.4. The molecule has 4 rings (SSSR count). The summed E-state index contributed by atoms with van der Waals surface area (Å²) in [6, 6.07) is 30.0. The largest absolute Gasteiger partial charge is 0.197 e.